The van der Waals surface area contributed by atoms with E-state index >= 15 is 0 Å². The topological polar surface area (TPSA) is 119 Å². The van der Waals surface area contributed by atoms with Crippen LogP contribution in [-0.2, 0) is 20.9 Å². The van der Waals surface area contributed by atoms with Crippen molar-refractivity contribution in [3.63, 3.8) is 0 Å². The lowest BCUT2D eigenvalue weighted by molar-refractivity contribution is -0.387. The van der Waals surface area contributed by atoms with Crippen molar-refractivity contribution in [3.05, 3.63) is 64.2 Å². The molecule has 4 rings (SSSR count). The fraction of sp³-hybridized carbons (Fsp3) is 0.304. The minimum atomic E-state index is -0.857. The van der Waals surface area contributed by atoms with E-state index in [1.807, 2.05) is 6.07 Å². The predicted octanol–water partition coefficient (Wildman–Crippen LogP) is 3.95. The number of carbonyl (C=O) groups excluding carboxylic acids is 1. The van der Waals surface area contributed by atoms with Crippen LogP contribution in [0.1, 0.15) is 24.0 Å². The molecular weight excluding hydrogens is 448 g/mol. The van der Waals surface area contributed by atoms with Gasteiger partial charge in [-0.15, -0.1) is 0 Å². The number of benzene rings is 2. The Morgan fingerprint density at radius 2 is 1.94 bits per heavy atom. The molecule has 1 N–H and O–H groups in total. The molecule has 2 heterocycles. The van der Waals surface area contributed by atoms with Gasteiger partial charge in [0.1, 0.15) is 0 Å². The van der Waals surface area contributed by atoms with E-state index in [0.717, 1.165) is 10.5 Å². The third-order valence-corrected chi connectivity index (χ3v) is 6.81. The Bertz CT molecular complexity index is 1130. The van der Waals surface area contributed by atoms with Gasteiger partial charge in [-0.05, 0) is 42.7 Å². The summed E-state index contributed by atoms with van der Waals surface area (Å²) in [6, 6.07) is 10.1. The molecule has 1 saturated heterocycles. The monoisotopic (exact) mass is 470 g/mol. The second kappa shape index (κ2) is 9.63. The van der Waals surface area contributed by atoms with Gasteiger partial charge in [0.25, 0.3) is 11.6 Å². The van der Waals surface area contributed by atoms with Crippen molar-refractivity contribution < 1.29 is 29.4 Å². The highest BCUT2D eigenvalue weighted by Gasteiger charge is 2.29. The molecule has 0 saturated carbocycles. The Kier molecular flexibility index (Phi) is 6.66. The number of piperidine rings is 1. The Balaban J connectivity index is 1.51. The van der Waals surface area contributed by atoms with Crippen molar-refractivity contribution in [2.45, 2.75) is 29.1 Å². The van der Waals surface area contributed by atoms with Crippen LogP contribution in [0.2, 0.25) is 0 Å². The summed E-state index contributed by atoms with van der Waals surface area (Å²) < 4.78 is 0. The Morgan fingerprint density at radius 1 is 1.18 bits per heavy atom. The zero-order chi connectivity index (χ0) is 23.5. The minimum Gasteiger partial charge on any atom is -0.481 e. The Hall–Kier alpha value is -3.37. The fourth-order valence-electron chi connectivity index (χ4n) is 3.86. The average Bonchev–Trinajstić information content (AvgIpc) is 2.83. The van der Waals surface area contributed by atoms with Gasteiger partial charge in [-0.1, -0.05) is 24.4 Å². The zero-order valence-electron chi connectivity index (χ0n) is 17.7. The molecule has 0 radical (unpaired) electrons. The summed E-state index contributed by atoms with van der Waals surface area (Å²) in [6.07, 6.45) is 1.44. The van der Waals surface area contributed by atoms with Crippen LogP contribution in [0.15, 0.2) is 52.8 Å². The van der Waals surface area contributed by atoms with Gasteiger partial charge in [-0.2, -0.15) is 4.89 Å². The highest BCUT2D eigenvalue weighted by atomic mass is 32.2. The van der Waals surface area contributed by atoms with Gasteiger partial charge in [0.05, 0.1) is 22.3 Å². The van der Waals surface area contributed by atoms with Crippen LogP contribution in [0.5, 0.6) is 5.75 Å². The molecule has 2 aromatic carbocycles. The summed E-state index contributed by atoms with van der Waals surface area (Å²) in [7, 11) is 0. The number of rotatable bonds is 6. The van der Waals surface area contributed by atoms with E-state index in [1.165, 1.54) is 17.8 Å². The first-order chi connectivity index (χ1) is 15.8. The highest BCUT2D eigenvalue weighted by Crippen LogP contribution is 2.38. The largest absolute Gasteiger partial charge is 0.481 e. The number of aliphatic carboxylic acids is 1. The van der Waals surface area contributed by atoms with Gasteiger partial charge in [0, 0.05) is 41.6 Å². The summed E-state index contributed by atoms with van der Waals surface area (Å²) in [5.74, 6) is -1.02. The maximum absolute atomic E-state index is 12.9. The Labute approximate surface area is 194 Å². The summed E-state index contributed by atoms with van der Waals surface area (Å²) >= 11 is 1.26. The molecule has 0 aromatic heterocycles. The average molecular weight is 471 g/mol. The van der Waals surface area contributed by atoms with E-state index in [1.54, 1.807) is 29.2 Å². The lowest BCUT2D eigenvalue weighted by Gasteiger charge is -2.30. The third-order valence-electron chi connectivity index (χ3n) is 5.76. The lowest BCUT2D eigenvalue weighted by Crippen LogP contribution is -2.40. The van der Waals surface area contributed by atoms with Gasteiger partial charge in [0.2, 0.25) is 0 Å². The van der Waals surface area contributed by atoms with Crippen molar-refractivity contribution in [2.24, 2.45) is 5.92 Å². The number of nitrogens with zero attached hydrogens (tertiary/aromatic N) is 2. The molecule has 2 aliphatic rings. The van der Waals surface area contributed by atoms with E-state index in [0.29, 0.717) is 55.2 Å². The fourth-order valence-corrected chi connectivity index (χ4v) is 4.82. The lowest BCUT2D eigenvalue weighted by atomic mass is 9.96. The molecule has 2 aliphatic heterocycles. The number of carboxylic acid groups (broad SMARTS) is 1. The molecule has 10 heteroatoms. The predicted molar refractivity (Wildman–Crippen MR) is 120 cm³/mol. The smallest absolute Gasteiger partial charge is 0.306 e. The molecule has 2 aromatic rings. The van der Waals surface area contributed by atoms with E-state index in [2.05, 4.69) is 6.58 Å². The normalized spacial score (nSPS) is 15.9. The first kappa shape index (κ1) is 22.8. The number of carbonyl (C=O) groups is 2. The van der Waals surface area contributed by atoms with Gasteiger partial charge < -0.3 is 14.9 Å². The molecule has 1 fully saturated rings. The molecule has 0 spiro atoms. The summed E-state index contributed by atoms with van der Waals surface area (Å²) in [6.45, 7) is 4.93. The number of nitro benzene ring substituents is 1. The van der Waals surface area contributed by atoms with Gasteiger partial charge in [0.15, 0.2) is 5.75 Å². The maximum Gasteiger partial charge on any atom is 0.306 e. The summed E-state index contributed by atoms with van der Waals surface area (Å²) in [5, 5.41) is 20.9. The number of carboxylic acids is 1. The number of amides is 1. The van der Waals surface area contributed by atoms with Crippen LogP contribution in [0.4, 0.5) is 5.69 Å². The van der Waals surface area contributed by atoms with Crippen LogP contribution in [0, 0.1) is 16.0 Å². The number of nitro groups is 1. The molecule has 0 atom stereocenters. The van der Waals surface area contributed by atoms with Crippen LogP contribution in [0.3, 0.4) is 0 Å². The van der Waals surface area contributed by atoms with Crippen molar-refractivity contribution in [3.8, 4) is 5.75 Å². The van der Waals surface area contributed by atoms with Crippen LogP contribution in [-0.4, -0.2) is 46.5 Å². The molecular formula is C23H22N2O7S. The van der Waals surface area contributed by atoms with Crippen LogP contribution in [0.25, 0.3) is 5.57 Å². The molecule has 0 aliphatic carbocycles. The van der Waals surface area contributed by atoms with Gasteiger partial charge in [-0.25, -0.2) is 0 Å². The molecule has 33 heavy (non-hydrogen) atoms. The summed E-state index contributed by atoms with van der Waals surface area (Å²) in [5.41, 5.74) is 1.37. The van der Waals surface area contributed by atoms with Crippen molar-refractivity contribution in [1.82, 2.24) is 4.90 Å². The van der Waals surface area contributed by atoms with E-state index in [4.69, 9.17) is 14.9 Å². The van der Waals surface area contributed by atoms with Crippen LogP contribution >= 0.6 is 11.8 Å². The van der Waals surface area contributed by atoms with Crippen molar-refractivity contribution in [2.75, 3.05) is 19.7 Å². The standard InChI is InChI=1S/C23H22N2O7S/c1-14(22(26)24-9-6-15(7-10-24)23(27)28)16-2-5-21(19(13-16)25(29)30)33-18-3-4-20-17(12-18)8-11-31-32-20/h2-5,12-13,15H,1,6-11H2,(H,27,28). The van der Waals surface area contributed by atoms with Gasteiger partial charge >= 0.3 is 5.97 Å². The third kappa shape index (κ3) is 5.01. The number of likely N-dealkylation sites (tertiary alicyclic amines) is 1. The summed E-state index contributed by atoms with van der Waals surface area (Å²) in [4.78, 5) is 48.2. The van der Waals surface area contributed by atoms with Crippen LogP contribution < -0.4 is 4.89 Å². The van der Waals surface area contributed by atoms with E-state index in [9.17, 15) is 19.7 Å². The molecule has 0 bridgehead atoms. The quantitative estimate of drug-likeness (QED) is 0.292. The molecule has 172 valence electrons. The number of hydrogen-bond acceptors (Lipinski definition) is 7. The second-order valence-corrected chi connectivity index (χ2v) is 8.97. The number of hydrogen-bond donors (Lipinski definition) is 1. The zero-order valence-corrected chi connectivity index (χ0v) is 18.5. The Morgan fingerprint density at radius 3 is 2.64 bits per heavy atom. The maximum atomic E-state index is 12.9. The van der Waals surface area contributed by atoms with Gasteiger partial charge in [-0.3, -0.25) is 19.7 Å². The first-order valence-corrected chi connectivity index (χ1v) is 11.2. The molecule has 0 unspecified atom stereocenters. The highest BCUT2D eigenvalue weighted by molar-refractivity contribution is 7.99. The van der Waals surface area contributed by atoms with Crippen molar-refractivity contribution >= 4 is 34.9 Å². The van der Waals surface area contributed by atoms with Crippen molar-refractivity contribution in [1.29, 1.82) is 0 Å². The molecule has 1 amide bonds. The number of fused-ring (bicyclic) bond motifs is 1. The first-order valence-electron chi connectivity index (χ1n) is 10.4. The molecule has 9 nitrogen and oxygen atoms in total. The second-order valence-electron chi connectivity index (χ2n) is 7.85. The van der Waals surface area contributed by atoms with E-state index in [-0.39, 0.29) is 17.2 Å². The SMILES string of the molecule is C=C(C(=O)N1CCC(C(=O)O)CC1)c1ccc(Sc2ccc3c(c2)CCOO3)c([N+](=O)[O-])c1. The van der Waals surface area contributed by atoms with E-state index < -0.39 is 16.8 Å². The minimum absolute atomic E-state index is 0.117.